The summed E-state index contributed by atoms with van der Waals surface area (Å²) in [5, 5.41) is 4.74. The molecule has 1 aliphatic rings. The molecular weight excluding hydrogens is 388 g/mol. The van der Waals surface area contributed by atoms with E-state index in [1.54, 1.807) is 17.1 Å². The molecular formula is C24H23N6O+. The number of nitrogens with one attached hydrogen (secondary N) is 1. The van der Waals surface area contributed by atoms with Crippen LogP contribution in [0.3, 0.4) is 0 Å². The number of amides is 1. The SMILES string of the molecule is O=C(c1cn(-c2ccccc2)nc1-c1cccnc1)N1CCN(c2cc[nH+]cc2)CC1. The van der Waals surface area contributed by atoms with E-state index in [-0.39, 0.29) is 5.91 Å². The second-order valence-electron chi connectivity index (χ2n) is 7.45. The quantitative estimate of drug-likeness (QED) is 0.518. The van der Waals surface area contributed by atoms with E-state index in [0.29, 0.717) is 24.3 Å². The normalized spacial score (nSPS) is 13.9. The average Bonchev–Trinajstić information content (AvgIpc) is 3.31. The van der Waals surface area contributed by atoms with Gasteiger partial charge in [0, 0.05) is 68.2 Å². The van der Waals surface area contributed by atoms with E-state index in [4.69, 9.17) is 5.10 Å². The van der Waals surface area contributed by atoms with Gasteiger partial charge in [0.1, 0.15) is 5.69 Å². The Balaban J connectivity index is 1.42. The van der Waals surface area contributed by atoms with Crippen LogP contribution in [0.5, 0.6) is 0 Å². The van der Waals surface area contributed by atoms with Crippen LogP contribution in [0.15, 0.2) is 85.6 Å². The molecule has 0 atom stereocenters. The molecule has 0 spiro atoms. The number of carbonyl (C=O) groups excluding carboxylic acids is 1. The first-order valence-electron chi connectivity index (χ1n) is 10.4. The Hall–Kier alpha value is -4.00. The first kappa shape index (κ1) is 19.0. The first-order chi connectivity index (χ1) is 15.3. The highest BCUT2D eigenvalue weighted by Gasteiger charge is 2.27. The summed E-state index contributed by atoms with van der Waals surface area (Å²) in [7, 11) is 0. The summed E-state index contributed by atoms with van der Waals surface area (Å²) in [6.07, 6.45) is 9.15. The zero-order valence-corrected chi connectivity index (χ0v) is 17.1. The van der Waals surface area contributed by atoms with Crippen molar-refractivity contribution in [3.05, 3.63) is 91.1 Å². The second-order valence-corrected chi connectivity index (χ2v) is 7.45. The van der Waals surface area contributed by atoms with Gasteiger partial charge in [0.05, 0.1) is 11.3 Å². The van der Waals surface area contributed by atoms with Gasteiger partial charge in [-0.3, -0.25) is 9.78 Å². The summed E-state index contributed by atoms with van der Waals surface area (Å²) in [4.78, 5) is 25.0. The number of nitrogens with zero attached hydrogens (tertiary/aromatic N) is 5. The lowest BCUT2D eigenvalue weighted by molar-refractivity contribution is -0.377. The van der Waals surface area contributed by atoms with Crippen molar-refractivity contribution in [2.45, 2.75) is 0 Å². The van der Waals surface area contributed by atoms with Gasteiger partial charge in [-0.05, 0) is 24.3 Å². The van der Waals surface area contributed by atoms with Crippen molar-refractivity contribution in [3.63, 3.8) is 0 Å². The van der Waals surface area contributed by atoms with Gasteiger partial charge in [0.25, 0.3) is 5.91 Å². The van der Waals surface area contributed by atoms with Crippen molar-refractivity contribution in [2.24, 2.45) is 0 Å². The van der Waals surface area contributed by atoms with Gasteiger partial charge in [-0.25, -0.2) is 9.67 Å². The lowest BCUT2D eigenvalue weighted by Gasteiger charge is -2.35. The van der Waals surface area contributed by atoms with Crippen molar-refractivity contribution >= 4 is 11.6 Å². The Morgan fingerprint density at radius 2 is 1.65 bits per heavy atom. The van der Waals surface area contributed by atoms with Gasteiger partial charge in [-0.1, -0.05) is 18.2 Å². The van der Waals surface area contributed by atoms with Crippen molar-refractivity contribution in [3.8, 4) is 16.9 Å². The molecule has 3 aromatic heterocycles. The summed E-state index contributed by atoms with van der Waals surface area (Å²) < 4.78 is 1.77. The monoisotopic (exact) mass is 411 g/mol. The van der Waals surface area contributed by atoms with E-state index in [1.165, 1.54) is 5.69 Å². The molecule has 1 N–H and O–H groups in total. The molecule has 7 nitrogen and oxygen atoms in total. The minimum Gasteiger partial charge on any atom is -0.368 e. The molecule has 0 aliphatic carbocycles. The Morgan fingerprint density at radius 1 is 0.871 bits per heavy atom. The number of hydrogen-bond donors (Lipinski definition) is 0. The van der Waals surface area contributed by atoms with Crippen molar-refractivity contribution < 1.29 is 9.78 Å². The summed E-state index contributed by atoms with van der Waals surface area (Å²) in [6, 6.07) is 17.8. The number of carbonyl (C=O) groups is 1. The van der Waals surface area contributed by atoms with Crippen LogP contribution in [-0.4, -0.2) is 51.8 Å². The van der Waals surface area contributed by atoms with Crippen LogP contribution in [0.1, 0.15) is 10.4 Å². The molecule has 4 aromatic rings. The van der Waals surface area contributed by atoms with E-state index in [2.05, 4.69) is 27.0 Å². The van der Waals surface area contributed by atoms with E-state index in [1.807, 2.05) is 66.0 Å². The number of benzene rings is 1. The van der Waals surface area contributed by atoms with Crippen LogP contribution in [0.25, 0.3) is 16.9 Å². The van der Waals surface area contributed by atoms with E-state index in [0.717, 1.165) is 24.3 Å². The number of rotatable bonds is 4. The molecule has 1 aliphatic heterocycles. The van der Waals surface area contributed by atoms with E-state index >= 15 is 0 Å². The fourth-order valence-corrected chi connectivity index (χ4v) is 3.89. The van der Waals surface area contributed by atoms with Gasteiger partial charge < -0.3 is 9.80 Å². The third kappa shape index (κ3) is 3.90. The van der Waals surface area contributed by atoms with Gasteiger partial charge in [-0.2, -0.15) is 5.10 Å². The molecule has 1 amide bonds. The molecule has 1 aromatic carbocycles. The van der Waals surface area contributed by atoms with Crippen molar-refractivity contribution in [2.75, 3.05) is 31.1 Å². The van der Waals surface area contributed by atoms with Gasteiger partial charge >= 0.3 is 0 Å². The number of hydrogen-bond acceptors (Lipinski definition) is 4. The fourth-order valence-electron chi connectivity index (χ4n) is 3.89. The molecule has 154 valence electrons. The minimum absolute atomic E-state index is 0.00193. The van der Waals surface area contributed by atoms with Crippen molar-refractivity contribution in [1.29, 1.82) is 0 Å². The summed E-state index contributed by atoms with van der Waals surface area (Å²) in [5.41, 5.74) is 4.17. The predicted molar refractivity (Wildman–Crippen MR) is 118 cm³/mol. The maximum atomic E-state index is 13.5. The summed E-state index contributed by atoms with van der Waals surface area (Å²) in [5.74, 6) is 0.00193. The number of H-pyrrole nitrogens is 1. The highest BCUT2D eigenvalue weighted by Crippen LogP contribution is 2.25. The lowest BCUT2D eigenvalue weighted by Crippen LogP contribution is -2.48. The third-order valence-electron chi connectivity index (χ3n) is 5.53. The minimum atomic E-state index is 0.00193. The van der Waals surface area contributed by atoms with Crippen molar-refractivity contribution in [1.82, 2.24) is 19.7 Å². The van der Waals surface area contributed by atoms with Crippen LogP contribution in [0, 0.1) is 0 Å². The predicted octanol–water partition coefficient (Wildman–Crippen LogP) is 2.71. The molecule has 4 heterocycles. The Labute approximate surface area is 180 Å². The highest BCUT2D eigenvalue weighted by atomic mass is 16.2. The number of piperazine rings is 1. The lowest BCUT2D eigenvalue weighted by atomic mass is 10.1. The topological polar surface area (TPSA) is 68.4 Å². The maximum Gasteiger partial charge on any atom is 0.257 e. The zero-order valence-electron chi connectivity index (χ0n) is 17.1. The number of anilines is 1. The number of para-hydroxylation sites is 1. The molecule has 5 rings (SSSR count). The zero-order chi connectivity index (χ0) is 21.0. The molecule has 1 fully saturated rings. The molecule has 1 saturated heterocycles. The molecule has 7 heteroatoms. The smallest absolute Gasteiger partial charge is 0.257 e. The molecule has 0 saturated carbocycles. The number of aromatic nitrogens is 4. The molecule has 0 unspecified atom stereocenters. The molecule has 0 bridgehead atoms. The van der Waals surface area contributed by atoms with Crippen LogP contribution < -0.4 is 9.88 Å². The van der Waals surface area contributed by atoms with Gasteiger partial charge in [0.2, 0.25) is 0 Å². The van der Waals surface area contributed by atoms with Gasteiger partial charge in [-0.15, -0.1) is 0 Å². The Morgan fingerprint density at radius 3 is 2.35 bits per heavy atom. The molecule has 31 heavy (non-hydrogen) atoms. The van der Waals surface area contributed by atoms with E-state index in [9.17, 15) is 4.79 Å². The average molecular weight is 411 g/mol. The maximum absolute atomic E-state index is 13.5. The van der Waals surface area contributed by atoms with Crippen LogP contribution in [0.4, 0.5) is 5.69 Å². The fraction of sp³-hybridized carbons (Fsp3) is 0.167. The number of aromatic amines is 1. The second kappa shape index (κ2) is 8.39. The summed E-state index contributed by atoms with van der Waals surface area (Å²) in [6.45, 7) is 2.93. The van der Waals surface area contributed by atoms with E-state index < -0.39 is 0 Å². The van der Waals surface area contributed by atoms with Gasteiger partial charge in [0.15, 0.2) is 12.4 Å². The largest absolute Gasteiger partial charge is 0.368 e. The Kier molecular flexibility index (Phi) is 5.14. The molecule has 0 radical (unpaired) electrons. The summed E-state index contributed by atoms with van der Waals surface area (Å²) >= 11 is 0. The standard InChI is InChI=1S/C24H22N6O/c31-24(29-15-13-28(14-16-29)20-8-11-25-12-9-20)22-18-30(21-6-2-1-3-7-21)27-23(22)19-5-4-10-26-17-19/h1-12,17-18H,13-16H2/p+1. The van der Waals surface area contributed by atoms with Crippen LogP contribution in [0.2, 0.25) is 0 Å². The first-order valence-corrected chi connectivity index (χ1v) is 10.4. The highest BCUT2D eigenvalue weighted by molar-refractivity contribution is 6.00. The number of pyridine rings is 2. The van der Waals surface area contributed by atoms with Crippen LogP contribution >= 0.6 is 0 Å². The van der Waals surface area contributed by atoms with Crippen LogP contribution in [-0.2, 0) is 0 Å². The Bertz CT molecular complexity index is 1150. The third-order valence-corrected chi connectivity index (χ3v) is 5.53.